The number of thiazole rings is 1. The van der Waals surface area contributed by atoms with E-state index in [0.29, 0.717) is 11.0 Å². The predicted molar refractivity (Wildman–Crippen MR) is 119 cm³/mol. The molecule has 2 aliphatic carbocycles. The van der Waals surface area contributed by atoms with Crippen molar-refractivity contribution in [3.8, 4) is 11.3 Å². The van der Waals surface area contributed by atoms with Crippen LogP contribution in [0.3, 0.4) is 0 Å². The Labute approximate surface area is 181 Å². The first-order valence-corrected chi connectivity index (χ1v) is 11.4. The zero-order chi connectivity index (χ0) is 21.6. The molecule has 4 unspecified atom stereocenters. The summed E-state index contributed by atoms with van der Waals surface area (Å²) in [6, 6.07) is 8.30. The van der Waals surface area contributed by atoms with E-state index in [9.17, 15) is 14.7 Å². The van der Waals surface area contributed by atoms with Gasteiger partial charge in [0.2, 0.25) is 5.91 Å². The highest BCUT2D eigenvalue weighted by Gasteiger charge is 2.57. The molecule has 2 aliphatic rings. The first-order chi connectivity index (χ1) is 14.3. The Morgan fingerprint density at radius 3 is 2.30 bits per heavy atom. The van der Waals surface area contributed by atoms with Gasteiger partial charge in [-0.05, 0) is 50.0 Å². The second-order valence-electron chi connectivity index (χ2n) is 8.94. The average molecular weight is 425 g/mol. The number of allylic oxidation sites excluding steroid dienone is 2. The van der Waals surface area contributed by atoms with Gasteiger partial charge in [0.25, 0.3) is 0 Å². The number of benzene rings is 1. The highest BCUT2D eigenvalue weighted by atomic mass is 32.1. The molecule has 158 valence electrons. The summed E-state index contributed by atoms with van der Waals surface area (Å²) in [7, 11) is 0. The Kier molecular flexibility index (Phi) is 5.53. The quantitative estimate of drug-likeness (QED) is 0.616. The fraction of sp³-hybridized carbons (Fsp3) is 0.458. The lowest BCUT2D eigenvalue weighted by molar-refractivity contribution is -0.148. The maximum atomic E-state index is 13.1. The van der Waals surface area contributed by atoms with Crippen molar-refractivity contribution in [1.82, 2.24) is 4.98 Å². The van der Waals surface area contributed by atoms with E-state index in [0.717, 1.165) is 29.7 Å². The van der Waals surface area contributed by atoms with Gasteiger partial charge in [0.1, 0.15) is 0 Å². The van der Waals surface area contributed by atoms with E-state index in [1.807, 2.05) is 31.4 Å². The van der Waals surface area contributed by atoms with Crippen molar-refractivity contribution < 1.29 is 14.7 Å². The summed E-state index contributed by atoms with van der Waals surface area (Å²) in [6.07, 6.45) is 1.75. The number of amides is 1. The van der Waals surface area contributed by atoms with Crippen molar-refractivity contribution in [1.29, 1.82) is 0 Å². The molecule has 30 heavy (non-hydrogen) atoms. The minimum atomic E-state index is -0.869. The standard InChI is InChI=1S/C24H28N2O3S/c1-12(2)14-5-7-15(8-6-14)18-11-30-24(25-18)26-22(27)20-16-9-10-17(19(16)13(3)4)21(20)23(28)29/h5-8,11-12,16-17,20-21H,9-10H2,1-4H3,(H,28,29)(H,25,26,27). The number of aliphatic carboxylic acids is 1. The number of anilines is 1. The highest BCUT2D eigenvalue weighted by molar-refractivity contribution is 7.14. The van der Waals surface area contributed by atoms with Gasteiger partial charge >= 0.3 is 5.97 Å². The Morgan fingerprint density at radius 1 is 1.10 bits per heavy atom. The second kappa shape index (κ2) is 7.99. The van der Waals surface area contributed by atoms with Gasteiger partial charge in [-0.2, -0.15) is 0 Å². The van der Waals surface area contributed by atoms with Crippen LogP contribution in [0.15, 0.2) is 40.8 Å². The zero-order valence-electron chi connectivity index (χ0n) is 17.8. The van der Waals surface area contributed by atoms with Crippen molar-refractivity contribution in [2.45, 2.75) is 46.5 Å². The molecule has 1 amide bonds. The van der Waals surface area contributed by atoms with E-state index in [-0.39, 0.29) is 17.7 Å². The lowest BCUT2D eigenvalue weighted by Gasteiger charge is -2.25. The predicted octanol–water partition coefficient (Wildman–Crippen LogP) is 5.57. The van der Waals surface area contributed by atoms with Gasteiger partial charge in [-0.25, -0.2) is 4.98 Å². The molecule has 1 aromatic carbocycles. The van der Waals surface area contributed by atoms with Gasteiger partial charge in [-0.15, -0.1) is 11.3 Å². The third-order valence-corrected chi connectivity index (χ3v) is 7.37. The lowest BCUT2D eigenvalue weighted by Crippen LogP contribution is -2.37. The number of hydrogen-bond acceptors (Lipinski definition) is 4. The van der Waals surface area contributed by atoms with Gasteiger partial charge in [0.15, 0.2) is 5.13 Å². The van der Waals surface area contributed by atoms with E-state index in [1.165, 1.54) is 22.5 Å². The Balaban J connectivity index is 1.53. The topological polar surface area (TPSA) is 79.3 Å². The normalized spacial score (nSPS) is 25.0. The number of hydrogen-bond donors (Lipinski definition) is 2. The molecule has 2 N–H and O–H groups in total. The summed E-state index contributed by atoms with van der Waals surface area (Å²) in [4.78, 5) is 29.7. The molecule has 0 saturated heterocycles. The van der Waals surface area contributed by atoms with Crippen LogP contribution in [0.1, 0.15) is 52.0 Å². The van der Waals surface area contributed by atoms with Gasteiger partial charge in [0, 0.05) is 10.9 Å². The molecule has 0 spiro atoms. The summed E-state index contributed by atoms with van der Waals surface area (Å²) in [5.41, 5.74) is 5.44. The maximum absolute atomic E-state index is 13.1. The third-order valence-electron chi connectivity index (χ3n) is 6.61. The molecule has 6 heteroatoms. The van der Waals surface area contributed by atoms with Gasteiger partial charge in [-0.3, -0.25) is 9.59 Å². The Morgan fingerprint density at radius 2 is 1.73 bits per heavy atom. The Hall–Kier alpha value is -2.47. The van der Waals surface area contributed by atoms with Gasteiger partial charge in [0.05, 0.1) is 17.5 Å². The number of rotatable bonds is 5. The van der Waals surface area contributed by atoms with Crippen molar-refractivity contribution in [2.24, 2.45) is 23.7 Å². The summed E-state index contributed by atoms with van der Waals surface area (Å²) in [6.45, 7) is 8.37. The molecule has 2 fully saturated rings. The summed E-state index contributed by atoms with van der Waals surface area (Å²) < 4.78 is 0. The van der Waals surface area contributed by atoms with Crippen LogP contribution in [0.2, 0.25) is 0 Å². The number of aromatic nitrogens is 1. The number of carbonyl (C=O) groups excluding carboxylic acids is 1. The highest BCUT2D eigenvalue weighted by Crippen LogP contribution is 2.57. The molecule has 1 heterocycles. The largest absolute Gasteiger partial charge is 0.481 e. The molecule has 4 atom stereocenters. The molecule has 2 aromatic rings. The minimum Gasteiger partial charge on any atom is -0.481 e. The average Bonchev–Trinajstić information content (AvgIpc) is 3.41. The second-order valence-corrected chi connectivity index (χ2v) is 9.80. The van der Waals surface area contributed by atoms with Crippen LogP contribution >= 0.6 is 11.3 Å². The number of fused-ring (bicyclic) bond motifs is 2. The van der Waals surface area contributed by atoms with Gasteiger partial charge < -0.3 is 10.4 Å². The van der Waals surface area contributed by atoms with Gasteiger partial charge in [-0.1, -0.05) is 49.3 Å². The summed E-state index contributed by atoms with van der Waals surface area (Å²) in [5.74, 6) is -1.77. The first-order valence-electron chi connectivity index (χ1n) is 10.5. The van der Waals surface area contributed by atoms with Crippen LogP contribution in [-0.4, -0.2) is 22.0 Å². The summed E-state index contributed by atoms with van der Waals surface area (Å²) in [5, 5.41) is 15.2. The Bertz CT molecular complexity index is 1000. The molecule has 0 radical (unpaired) electrons. The van der Waals surface area contributed by atoms with E-state index in [4.69, 9.17) is 0 Å². The molecule has 2 saturated carbocycles. The molecular formula is C24H28N2O3S. The number of nitrogens with zero attached hydrogens (tertiary/aromatic N) is 1. The van der Waals surface area contributed by atoms with Crippen molar-refractivity contribution in [3.05, 3.63) is 46.4 Å². The smallest absolute Gasteiger partial charge is 0.307 e. The van der Waals surface area contributed by atoms with Crippen molar-refractivity contribution in [3.63, 3.8) is 0 Å². The molecule has 0 aliphatic heterocycles. The number of carboxylic acid groups (broad SMARTS) is 1. The number of carbonyl (C=O) groups is 2. The van der Waals surface area contributed by atoms with E-state index in [1.54, 1.807) is 0 Å². The minimum absolute atomic E-state index is 0.0143. The first kappa shape index (κ1) is 20.8. The fourth-order valence-corrected chi connectivity index (χ4v) is 6.02. The van der Waals surface area contributed by atoms with Crippen LogP contribution in [0.5, 0.6) is 0 Å². The van der Waals surface area contributed by atoms with Crippen LogP contribution in [0.25, 0.3) is 11.3 Å². The van der Waals surface area contributed by atoms with Crippen molar-refractivity contribution >= 4 is 28.3 Å². The van der Waals surface area contributed by atoms with Crippen LogP contribution in [0.4, 0.5) is 5.13 Å². The molecule has 2 bridgehead atoms. The van der Waals surface area contributed by atoms with E-state index in [2.05, 4.69) is 36.3 Å². The summed E-state index contributed by atoms with van der Waals surface area (Å²) >= 11 is 1.38. The van der Waals surface area contributed by atoms with E-state index >= 15 is 0 Å². The third kappa shape index (κ3) is 3.58. The molecular weight excluding hydrogens is 396 g/mol. The molecule has 4 rings (SSSR count). The zero-order valence-corrected chi connectivity index (χ0v) is 18.6. The fourth-order valence-electron chi connectivity index (χ4n) is 5.30. The molecule has 5 nitrogen and oxygen atoms in total. The SMILES string of the molecule is CC(C)=C1C2CCC1C(C(=O)Nc1nc(-c3ccc(C(C)C)cc3)cs1)C2C(=O)O. The number of nitrogens with one attached hydrogen (secondary N) is 1. The van der Waals surface area contributed by atoms with E-state index < -0.39 is 17.8 Å². The molecule has 1 aromatic heterocycles. The van der Waals surface area contributed by atoms with Crippen LogP contribution < -0.4 is 5.32 Å². The monoisotopic (exact) mass is 424 g/mol. The van der Waals surface area contributed by atoms with Crippen molar-refractivity contribution in [2.75, 3.05) is 5.32 Å². The lowest BCUT2D eigenvalue weighted by atomic mass is 9.79. The van der Waals surface area contributed by atoms with Crippen LogP contribution in [0, 0.1) is 23.7 Å². The maximum Gasteiger partial charge on any atom is 0.307 e. The van der Waals surface area contributed by atoms with Crippen LogP contribution in [-0.2, 0) is 9.59 Å². The number of carboxylic acids is 1.